The number of pyridine rings is 1. The zero-order valence-electron chi connectivity index (χ0n) is 14.0. The summed E-state index contributed by atoms with van der Waals surface area (Å²) in [6, 6.07) is 10.1. The fourth-order valence-corrected chi connectivity index (χ4v) is 1.97. The van der Waals surface area contributed by atoms with Gasteiger partial charge >= 0.3 is 0 Å². The number of anilines is 1. The minimum Gasteiger partial charge on any atom is -0.497 e. The maximum absolute atomic E-state index is 12.3. The fraction of sp³-hybridized carbons (Fsp3) is 0.278. The Labute approximate surface area is 141 Å². The Morgan fingerprint density at radius 2 is 1.88 bits per heavy atom. The average Bonchev–Trinajstić information content (AvgIpc) is 2.62. The molecule has 0 fully saturated rings. The Bertz CT molecular complexity index is 714. The molecule has 6 heteroatoms. The van der Waals surface area contributed by atoms with Gasteiger partial charge in [-0.3, -0.25) is 14.6 Å². The van der Waals surface area contributed by atoms with Gasteiger partial charge in [0.2, 0.25) is 0 Å². The molecular formula is C18H21N3O3. The lowest BCUT2D eigenvalue weighted by Crippen LogP contribution is -2.32. The first-order valence-electron chi connectivity index (χ1n) is 7.75. The van der Waals surface area contributed by atoms with E-state index in [9.17, 15) is 9.59 Å². The molecule has 0 aliphatic carbocycles. The molecule has 2 amide bonds. The highest BCUT2D eigenvalue weighted by Crippen LogP contribution is 2.16. The molecule has 1 aromatic heterocycles. The van der Waals surface area contributed by atoms with Gasteiger partial charge in [0, 0.05) is 23.5 Å². The summed E-state index contributed by atoms with van der Waals surface area (Å²) in [4.78, 5) is 28.4. The van der Waals surface area contributed by atoms with Crippen LogP contribution < -0.4 is 15.4 Å². The second-order valence-electron chi connectivity index (χ2n) is 5.40. The minimum absolute atomic E-state index is 0.0519. The summed E-state index contributed by atoms with van der Waals surface area (Å²) in [5, 5.41) is 5.60. The molecule has 0 bridgehead atoms. The molecule has 1 aromatic carbocycles. The average molecular weight is 327 g/mol. The molecule has 0 saturated carbocycles. The SMILES string of the molecule is CCC(C)NC(=O)c1cc(C(=O)Nc2ccc(OC)cc2)ccn1. The Hall–Kier alpha value is -2.89. The van der Waals surface area contributed by atoms with E-state index in [2.05, 4.69) is 15.6 Å². The van der Waals surface area contributed by atoms with Crippen molar-refractivity contribution in [2.75, 3.05) is 12.4 Å². The predicted octanol–water partition coefficient (Wildman–Crippen LogP) is 2.87. The molecule has 126 valence electrons. The Morgan fingerprint density at radius 3 is 2.50 bits per heavy atom. The number of ether oxygens (including phenoxy) is 1. The molecule has 24 heavy (non-hydrogen) atoms. The topological polar surface area (TPSA) is 80.3 Å². The standard InChI is InChI=1S/C18H21N3O3/c1-4-12(2)20-18(23)16-11-13(9-10-19-16)17(22)21-14-5-7-15(24-3)8-6-14/h5-12H,4H2,1-3H3,(H,20,23)(H,21,22). The van der Waals surface area contributed by atoms with Gasteiger partial charge in [0.25, 0.3) is 11.8 Å². The van der Waals surface area contributed by atoms with E-state index in [-0.39, 0.29) is 23.6 Å². The number of amides is 2. The number of hydrogen-bond acceptors (Lipinski definition) is 4. The third-order valence-corrected chi connectivity index (χ3v) is 3.59. The quantitative estimate of drug-likeness (QED) is 0.855. The first-order valence-corrected chi connectivity index (χ1v) is 7.75. The van der Waals surface area contributed by atoms with Crippen molar-refractivity contribution >= 4 is 17.5 Å². The van der Waals surface area contributed by atoms with Crippen molar-refractivity contribution < 1.29 is 14.3 Å². The summed E-state index contributed by atoms with van der Waals surface area (Å²) in [5.74, 6) is 0.115. The first-order chi connectivity index (χ1) is 11.5. The number of benzene rings is 1. The van der Waals surface area contributed by atoms with E-state index >= 15 is 0 Å². The number of carbonyl (C=O) groups excluding carboxylic acids is 2. The highest BCUT2D eigenvalue weighted by molar-refractivity contribution is 6.05. The van der Waals surface area contributed by atoms with Crippen LogP contribution in [0.25, 0.3) is 0 Å². The Morgan fingerprint density at radius 1 is 1.17 bits per heavy atom. The van der Waals surface area contributed by atoms with Crippen LogP contribution in [0.4, 0.5) is 5.69 Å². The maximum atomic E-state index is 12.3. The van der Waals surface area contributed by atoms with Gasteiger partial charge in [-0.15, -0.1) is 0 Å². The van der Waals surface area contributed by atoms with E-state index in [0.29, 0.717) is 17.0 Å². The number of hydrogen-bond donors (Lipinski definition) is 2. The van der Waals surface area contributed by atoms with Crippen LogP contribution >= 0.6 is 0 Å². The van der Waals surface area contributed by atoms with Crippen LogP contribution in [-0.4, -0.2) is 29.9 Å². The van der Waals surface area contributed by atoms with Crippen molar-refractivity contribution in [3.05, 3.63) is 53.9 Å². The second kappa shape index (κ2) is 8.10. The summed E-state index contributed by atoms with van der Waals surface area (Å²) in [5.41, 5.74) is 1.23. The molecule has 2 N–H and O–H groups in total. The lowest BCUT2D eigenvalue weighted by molar-refractivity contribution is 0.0934. The van der Waals surface area contributed by atoms with Crippen LogP contribution in [0.3, 0.4) is 0 Å². The number of nitrogens with zero attached hydrogens (tertiary/aromatic N) is 1. The molecule has 1 heterocycles. The maximum Gasteiger partial charge on any atom is 0.270 e. The van der Waals surface area contributed by atoms with E-state index in [0.717, 1.165) is 6.42 Å². The fourth-order valence-electron chi connectivity index (χ4n) is 1.97. The van der Waals surface area contributed by atoms with Gasteiger partial charge in [0.15, 0.2) is 0 Å². The summed E-state index contributed by atoms with van der Waals surface area (Å²) in [6.07, 6.45) is 2.28. The molecular weight excluding hydrogens is 306 g/mol. The van der Waals surface area contributed by atoms with Gasteiger partial charge in [0.1, 0.15) is 11.4 Å². The number of nitrogens with one attached hydrogen (secondary N) is 2. The van der Waals surface area contributed by atoms with Crippen molar-refractivity contribution in [1.29, 1.82) is 0 Å². The molecule has 1 atom stereocenters. The summed E-state index contributed by atoms with van der Waals surface area (Å²) in [7, 11) is 1.58. The van der Waals surface area contributed by atoms with Crippen LogP contribution in [0.1, 0.15) is 41.1 Å². The molecule has 2 rings (SSSR count). The summed E-state index contributed by atoms with van der Waals surface area (Å²) < 4.78 is 5.08. The van der Waals surface area contributed by atoms with E-state index < -0.39 is 0 Å². The van der Waals surface area contributed by atoms with Crippen LogP contribution in [0, 0.1) is 0 Å². The van der Waals surface area contributed by atoms with Crippen LogP contribution in [0.5, 0.6) is 5.75 Å². The number of methoxy groups -OCH3 is 1. The molecule has 6 nitrogen and oxygen atoms in total. The normalized spacial score (nSPS) is 11.5. The minimum atomic E-state index is -0.305. The third kappa shape index (κ3) is 4.55. The zero-order valence-corrected chi connectivity index (χ0v) is 14.0. The number of carbonyl (C=O) groups is 2. The zero-order chi connectivity index (χ0) is 17.5. The molecule has 0 aliphatic rings. The molecule has 0 spiro atoms. The van der Waals surface area contributed by atoms with E-state index in [1.54, 1.807) is 37.4 Å². The highest BCUT2D eigenvalue weighted by Gasteiger charge is 2.13. The van der Waals surface area contributed by atoms with Crippen molar-refractivity contribution in [1.82, 2.24) is 10.3 Å². The van der Waals surface area contributed by atoms with Crippen LogP contribution in [-0.2, 0) is 0 Å². The monoisotopic (exact) mass is 327 g/mol. The molecule has 0 aliphatic heterocycles. The van der Waals surface area contributed by atoms with E-state index in [4.69, 9.17) is 4.74 Å². The lowest BCUT2D eigenvalue weighted by Gasteiger charge is -2.11. The first kappa shape index (κ1) is 17.5. The Balaban J connectivity index is 2.09. The van der Waals surface area contributed by atoms with E-state index in [1.807, 2.05) is 13.8 Å². The van der Waals surface area contributed by atoms with E-state index in [1.165, 1.54) is 12.3 Å². The van der Waals surface area contributed by atoms with Crippen molar-refractivity contribution in [3.63, 3.8) is 0 Å². The molecule has 0 saturated heterocycles. The largest absolute Gasteiger partial charge is 0.497 e. The van der Waals surface area contributed by atoms with Gasteiger partial charge in [-0.25, -0.2) is 0 Å². The van der Waals surface area contributed by atoms with Gasteiger partial charge < -0.3 is 15.4 Å². The molecule has 0 radical (unpaired) electrons. The number of aromatic nitrogens is 1. The van der Waals surface area contributed by atoms with Crippen molar-refractivity contribution in [2.45, 2.75) is 26.3 Å². The smallest absolute Gasteiger partial charge is 0.270 e. The molecule has 1 unspecified atom stereocenters. The van der Waals surface area contributed by atoms with Crippen molar-refractivity contribution in [2.24, 2.45) is 0 Å². The Kier molecular flexibility index (Phi) is 5.89. The third-order valence-electron chi connectivity index (χ3n) is 3.59. The van der Waals surface area contributed by atoms with Crippen LogP contribution in [0.15, 0.2) is 42.6 Å². The highest BCUT2D eigenvalue weighted by atomic mass is 16.5. The van der Waals surface area contributed by atoms with Gasteiger partial charge in [0.05, 0.1) is 7.11 Å². The molecule has 2 aromatic rings. The summed E-state index contributed by atoms with van der Waals surface area (Å²) >= 11 is 0. The van der Waals surface area contributed by atoms with Gasteiger partial charge in [-0.2, -0.15) is 0 Å². The van der Waals surface area contributed by atoms with Crippen molar-refractivity contribution in [3.8, 4) is 5.75 Å². The lowest BCUT2D eigenvalue weighted by atomic mass is 10.2. The summed E-state index contributed by atoms with van der Waals surface area (Å²) in [6.45, 7) is 3.90. The van der Waals surface area contributed by atoms with Gasteiger partial charge in [-0.1, -0.05) is 6.92 Å². The predicted molar refractivity (Wildman–Crippen MR) is 92.4 cm³/mol. The number of rotatable bonds is 6. The second-order valence-corrected chi connectivity index (χ2v) is 5.40. The van der Waals surface area contributed by atoms with Gasteiger partial charge in [-0.05, 0) is 49.7 Å². The van der Waals surface area contributed by atoms with Crippen LogP contribution in [0.2, 0.25) is 0 Å².